The highest BCUT2D eigenvalue weighted by atomic mass is 19.1. The topological polar surface area (TPSA) is 92.4 Å². The standard InChI is InChI=1S/C18H15FN2O4/c1-10-20-15-8-13(6-7-16(15)25-10)21-17(22)9-14(18(23)24)11-2-4-12(19)5-3-11/h2-8,14H,9H2,1H3,(H,21,22)(H,23,24)/t14-/m0/s1. The molecule has 1 amide bonds. The van der Waals surface area contributed by atoms with E-state index < -0.39 is 23.6 Å². The molecule has 0 aliphatic carbocycles. The maximum Gasteiger partial charge on any atom is 0.311 e. The van der Waals surface area contributed by atoms with E-state index in [1.165, 1.54) is 24.3 Å². The van der Waals surface area contributed by atoms with Gasteiger partial charge in [0.15, 0.2) is 11.5 Å². The Morgan fingerprint density at radius 3 is 2.64 bits per heavy atom. The Hall–Kier alpha value is -3.22. The Morgan fingerprint density at radius 1 is 1.24 bits per heavy atom. The lowest BCUT2D eigenvalue weighted by atomic mass is 9.95. The number of halogens is 1. The molecule has 7 heteroatoms. The van der Waals surface area contributed by atoms with Gasteiger partial charge in [0.25, 0.3) is 0 Å². The molecule has 1 heterocycles. The van der Waals surface area contributed by atoms with E-state index in [9.17, 15) is 19.1 Å². The number of anilines is 1. The molecule has 3 rings (SSSR count). The number of hydrogen-bond acceptors (Lipinski definition) is 4. The first-order chi connectivity index (χ1) is 11.9. The maximum absolute atomic E-state index is 13.0. The van der Waals surface area contributed by atoms with E-state index in [4.69, 9.17) is 4.42 Å². The summed E-state index contributed by atoms with van der Waals surface area (Å²) in [5, 5.41) is 12.0. The van der Waals surface area contributed by atoms with Crippen molar-refractivity contribution in [1.29, 1.82) is 0 Å². The number of carboxylic acids is 1. The van der Waals surface area contributed by atoms with Crippen molar-refractivity contribution in [3.63, 3.8) is 0 Å². The number of carboxylic acid groups (broad SMARTS) is 1. The number of oxazole rings is 1. The van der Waals surface area contributed by atoms with Crippen molar-refractivity contribution < 1.29 is 23.5 Å². The molecular weight excluding hydrogens is 327 g/mol. The number of aromatic nitrogens is 1. The number of aliphatic carboxylic acids is 1. The number of nitrogens with zero attached hydrogens (tertiary/aromatic N) is 1. The third-order valence-corrected chi connectivity index (χ3v) is 3.74. The second-order valence-corrected chi connectivity index (χ2v) is 5.61. The fraction of sp³-hybridized carbons (Fsp3) is 0.167. The highest BCUT2D eigenvalue weighted by Gasteiger charge is 2.23. The van der Waals surface area contributed by atoms with Gasteiger partial charge < -0.3 is 14.8 Å². The molecule has 128 valence electrons. The van der Waals surface area contributed by atoms with Crippen molar-refractivity contribution in [3.8, 4) is 0 Å². The Balaban J connectivity index is 1.74. The molecule has 1 aromatic heterocycles. The van der Waals surface area contributed by atoms with Crippen LogP contribution in [0.25, 0.3) is 11.1 Å². The minimum atomic E-state index is -1.15. The third-order valence-electron chi connectivity index (χ3n) is 3.74. The number of fused-ring (bicyclic) bond motifs is 1. The van der Waals surface area contributed by atoms with Gasteiger partial charge in [-0.3, -0.25) is 9.59 Å². The highest BCUT2D eigenvalue weighted by molar-refractivity contribution is 5.95. The number of carbonyl (C=O) groups is 2. The molecule has 0 aliphatic heterocycles. The van der Waals surface area contributed by atoms with Crippen molar-refractivity contribution in [1.82, 2.24) is 4.98 Å². The van der Waals surface area contributed by atoms with Gasteiger partial charge in [-0.1, -0.05) is 12.1 Å². The van der Waals surface area contributed by atoms with Crippen molar-refractivity contribution in [2.75, 3.05) is 5.32 Å². The first-order valence-electron chi connectivity index (χ1n) is 7.57. The fourth-order valence-electron chi connectivity index (χ4n) is 2.56. The van der Waals surface area contributed by atoms with Crippen LogP contribution in [-0.2, 0) is 9.59 Å². The summed E-state index contributed by atoms with van der Waals surface area (Å²) in [4.78, 5) is 27.8. The Bertz CT molecular complexity index is 934. The van der Waals surface area contributed by atoms with E-state index >= 15 is 0 Å². The molecule has 0 saturated carbocycles. The summed E-state index contributed by atoms with van der Waals surface area (Å²) >= 11 is 0. The van der Waals surface area contributed by atoms with E-state index in [-0.39, 0.29) is 6.42 Å². The van der Waals surface area contributed by atoms with E-state index in [0.717, 1.165) is 0 Å². The summed E-state index contributed by atoms with van der Waals surface area (Å²) in [6.45, 7) is 1.72. The molecular formula is C18H15FN2O4. The van der Waals surface area contributed by atoms with Crippen LogP contribution in [0.3, 0.4) is 0 Å². The molecule has 0 radical (unpaired) electrons. The van der Waals surface area contributed by atoms with Crippen molar-refractivity contribution >= 4 is 28.7 Å². The molecule has 0 aliphatic rings. The molecule has 0 spiro atoms. The number of nitrogens with one attached hydrogen (secondary N) is 1. The van der Waals surface area contributed by atoms with Crippen LogP contribution in [-0.4, -0.2) is 22.0 Å². The van der Waals surface area contributed by atoms with E-state index in [1.807, 2.05) is 0 Å². The first kappa shape index (κ1) is 16.6. The number of rotatable bonds is 5. The molecule has 0 saturated heterocycles. The Kier molecular flexibility index (Phi) is 4.47. The lowest BCUT2D eigenvalue weighted by Crippen LogP contribution is -2.20. The normalized spacial score (nSPS) is 12.1. The summed E-state index contributed by atoms with van der Waals surface area (Å²) in [5.41, 5.74) is 2.06. The van der Waals surface area contributed by atoms with Crippen LogP contribution in [0.5, 0.6) is 0 Å². The van der Waals surface area contributed by atoms with Crippen molar-refractivity contribution in [2.24, 2.45) is 0 Å². The maximum atomic E-state index is 13.0. The van der Waals surface area contributed by atoms with Gasteiger partial charge in [-0.15, -0.1) is 0 Å². The molecule has 2 aromatic carbocycles. The SMILES string of the molecule is Cc1nc2cc(NC(=O)C[C@H](C(=O)O)c3ccc(F)cc3)ccc2o1. The zero-order valence-corrected chi connectivity index (χ0v) is 13.3. The number of carbonyl (C=O) groups excluding carboxylic acids is 1. The van der Waals surface area contributed by atoms with Crippen LogP contribution in [0.15, 0.2) is 46.9 Å². The lowest BCUT2D eigenvalue weighted by molar-refractivity contribution is -0.140. The number of amides is 1. The molecule has 0 fully saturated rings. The average Bonchev–Trinajstić information content (AvgIpc) is 2.92. The predicted molar refractivity (Wildman–Crippen MR) is 88.8 cm³/mol. The predicted octanol–water partition coefficient (Wildman–Crippen LogP) is 3.47. The third kappa shape index (κ3) is 3.82. The molecule has 2 N–H and O–H groups in total. The zero-order chi connectivity index (χ0) is 18.0. The highest BCUT2D eigenvalue weighted by Crippen LogP contribution is 2.23. The van der Waals surface area contributed by atoms with Gasteiger partial charge in [0.1, 0.15) is 11.3 Å². The summed E-state index contributed by atoms with van der Waals surface area (Å²) in [6.07, 6.45) is -0.267. The summed E-state index contributed by atoms with van der Waals surface area (Å²) < 4.78 is 18.3. The van der Waals surface area contributed by atoms with E-state index in [0.29, 0.717) is 28.2 Å². The second kappa shape index (κ2) is 6.72. The van der Waals surface area contributed by atoms with Crippen LogP contribution in [0.4, 0.5) is 10.1 Å². The van der Waals surface area contributed by atoms with Gasteiger partial charge in [-0.25, -0.2) is 9.37 Å². The lowest BCUT2D eigenvalue weighted by Gasteiger charge is -2.13. The number of aryl methyl sites for hydroxylation is 1. The molecule has 0 unspecified atom stereocenters. The second-order valence-electron chi connectivity index (χ2n) is 5.61. The van der Waals surface area contributed by atoms with Crippen LogP contribution < -0.4 is 5.32 Å². The average molecular weight is 342 g/mol. The van der Waals surface area contributed by atoms with E-state index in [1.54, 1.807) is 25.1 Å². The van der Waals surface area contributed by atoms with Crippen LogP contribution in [0.1, 0.15) is 23.8 Å². The van der Waals surface area contributed by atoms with Gasteiger partial charge in [0.05, 0.1) is 5.92 Å². The molecule has 3 aromatic rings. The zero-order valence-electron chi connectivity index (χ0n) is 13.3. The number of benzene rings is 2. The summed E-state index contributed by atoms with van der Waals surface area (Å²) in [5.74, 6) is -2.62. The monoisotopic (exact) mass is 342 g/mol. The molecule has 1 atom stereocenters. The number of hydrogen-bond donors (Lipinski definition) is 2. The quantitative estimate of drug-likeness (QED) is 0.740. The smallest absolute Gasteiger partial charge is 0.311 e. The fourth-order valence-corrected chi connectivity index (χ4v) is 2.56. The van der Waals surface area contributed by atoms with Gasteiger partial charge in [-0.2, -0.15) is 0 Å². The molecule has 0 bridgehead atoms. The van der Waals surface area contributed by atoms with E-state index in [2.05, 4.69) is 10.3 Å². The molecule has 25 heavy (non-hydrogen) atoms. The molecule has 6 nitrogen and oxygen atoms in total. The van der Waals surface area contributed by atoms with Crippen molar-refractivity contribution in [2.45, 2.75) is 19.3 Å². The van der Waals surface area contributed by atoms with Crippen LogP contribution in [0.2, 0.25) is 0 Å². The van der Waals surface area contributed by atoms with Crippen LogP contribution in [0, 0.1) is 12.7 Å². The largest absolute Gasteiger partial charge is 0.481 e. The van der Waals surface area contributed by atoms with Crippen LogP contribution >= 0.6 is 0 Å². The van der Waals surface area contributed by atoms with Gasteiger partial charge in [0.2, 0.25) is 5.91 Å². The minimum absolute atomic E-state index is 0.267. The van der Waals surface area contributed by atoms with Crippen molar-refractivity contribution in [3.05, 3.63) is 59.7 Å². The summed E-state index contributed by atoms with van der Waals surface area (Å²) in [6, 6.07) is 10.1. The summed E-state index contributed by atoms with van der Waals surface area (Å²) in [7, 11) is 0. The Labute approximate surface area is 142 Å². The van der Waals surface area contributed by atoms with Gasteiger partial charge in [0, 0.05) is 19.0 Å². The first-order valence-corrected chi connectivity index (χ1v) is 7.57. The Morgan fingerprint density at radius 2 is 1.96 bits per heavy atom. The van der Waals surface area contributed by atoms with Gasteiger partial charge in [-0.05, 0) is 35.9 Å². The van der Waals surface area contributed by atoms with Gasteiger partial charge >= 0.3 is 5.97 Å². The minimum Gasteiger partial charge on any atom is -0.481 e.